The minimum Gasteiger partial charge on any atom is -0.302 e. The highest BCUT2D eigenvalue weighted by Gasteiger charge is 2.23. The Labute approximate surface area is 107 Å². The molecule has 1 heterocycles. The summed E-state index contributed by atoms with van der Waals surface area (Å²) in [6.45, 7) is 8.19. The van der Waals surface area contributed by atoms with Gasteiger partial charge in [0.05, 0.1) is 0 Å². The average Bonchev–Trinajstić information content (AvgIpc) is 2.28. The van der Waals surface area contributed by atoms with Gasteiger partial charge in [-0.05, 0) is 31.8 Å². The van der Waals surface area contributed by atoms with Crippen molar-refractivity contribution in [1.29, 1.82) is 0 Å². The van der Waals surface area contributed by atoms with Crippen LogP contribution in [0.1, 0.15) is 58.8 Å². The normalized spacial score (nSPS) is 27.2. The summed E-state index contributed by atoms with van der Waals surface area (Å²) in [4.78, 5) is 2.55. The van der Waals surface area contributed by atoms with Crippen molar-refractivity contribution >= 4 is 11.6 Å². The van der Waals surface area contributed by atoms with Crippen LogP contribution in [-0.2, 0) is 0 Å². The van der Waals surface area contributed by atoms with E-state index in [0.717, 1.165) is 6.54 Å². The SMILES string of the molecule is CCCCCCCCN1CCC(C)C(Cl)C1. The fourth-order valence-corrected chi connectivity index (χ4v) is 2.72. The molecule has 0 saturated carbocycles. The van der Waals surface area contributed by atoms with Crippen molar-refractivity contribution in [2.75, 3.05) is 19.6 Å². The van der Waals surface area contributed by atoms with Crippen LogP contribution in [0.3, 0.4) is 0 Å². The lowest BCUT2D eigenvalue weighted by atomic mass is 9.98. The molecule has 1 aliphatic rings. The summed E-state index contributed by atoms with van der Waals surface area (Å²) in [6, 6.07) is 0. The van der Waals surface area contributed by atoms with Gasteiger partial charge in [0.1, 0.15) is 0 Å². The summed E-state index contributed by atoms with van der Waals surface area (Å²) < 4.78 is 0. The van der Waals surface area contributed by atoms with Gasteiger partial charge in [0, 0.05) is 11.9 Å². The summed E-state index contributed by atoms with van der Waals surface area (Å²) in [5, 5.41) is 0.383. The Bertz CT molecular complexity index is 172. The van der Waals surface area contributed by atoms with Gasteiger partial charge in [0.2, 0.25) is 0 Å². The molecule has 0 bridgehead atoms. The van der Waals surface area contributed by atoms with E-state index in [2.05, 4.69) is 18.7 Å². The molecule has 1 saturated heterocycles. The Morgan fingerprint density at radius 3 is 2.50 bits per heavy atom. The van der Waals surface area contributed by atoms with Crippen molar-refractivity contribution in [3.05, 3.63) is 0 Å². The summed E-state index contributed by atoms with van der Waals surface area (Å²) in [6.07, 6.45) is 9.64. The van der Waals surface area contributed by atoms with E-state index in [1.807, 2.05) is 0 Å². The van der Waals surface area contributed by atoms with Crippen molar-refractivity contribution < 1.29 is 0 Å². The van der Waals surface area contributed by atoms with Crippen LogP contribution < -0.4 is 0 Å². The highest BCUT2D eigenvalue weighted by Crippen LogP contribution is 2.22. The minimum atomic E-state index is 0.383. The zero-order valence-corrected chi connectivity index (χ0v) is 11.8. The molecule has 1 aliphatic heterocycles. The Balaban J connectivity index is 1.97. The van der Waals surface area contributed by atoms with Gasteiger partial charge < -0.3 is 4.90 Å². The standard InChI is InChI=1S/C14H28ClN/c1-3-4-5-6-7-8-10-16-11-9-13(2)14(15)12-16/h13-14H,3-12H2,1-2H3. The molecule has 0 amide bonds. The third-order valence-corrected chi connectivity index (χ3v) is 4.35. The fraction of sp³-hybridized carbons (Fsp3) is 1.00. The van der Waals surface area contributed by atoms with Crippen molar-refractivity contribution in [1.82, 2.24) is 4.90 Å². The largest absolute Gasteiger partial charge is 0.302 e. The molecule has 0 spiro atoms. The van der Waals surface area contributed by atoms with E-state index in [1.165, 1.54) is 58.0 Å². The van der Waals surface area contributed by atoms with E-state index >= 15 is 0 Å². The maximum Gasteiger partial charge on any atom is 0.0489 e. The zero-order valence-electron chi connectivity index (χ0n) is 11.1. The van der Waals surface area contributed by atoms with Gasteiger partial charge in [-0.2, -0.15) is 0 Å². The van der Waals surface area contributed by atoms with Gasteiger partial charge in [-0.25, -0.2) is 0 Å². The van der Waals surface area contributed by atoms with Gasteiger partial charge in [0.25, 0.3) is 0 Å². The number of halogens is 1. The number of hydrogen-bond donors (Lipinski definition) is 0. The van der Waals surface area contributed by atoms with E-state index in [4.69, 9.17) is 11.6 Å². The number of piperidine rings is 1. The van der Waals surface area contributed by atoms with Crippen LogP contribution in [0.15, 0.2) is 0 Å². The molecule has 0 aliphatic carbocycles. The number of alkyl halides is 1. The average molecular weight is 246 g/mol. The first-order valence-electron chi connectivity index (χ1n) is 7.10. The molecule has 0 aromatic rings. The van der Waals surface area contributed by atoms with Crippen LogP contribution in [0.5, 0.6) is 0 Å². The smallest absolute Gasteiger partial charge is 0.0489 e. The first-order chi connectivity index (χ1) is 7.74. The van der Waals surface area contributed by atoms with Gasteiger partial charge in [-0.3, -0.25) is 0 Å². The van der Waals surface area contributed by atoms with Crippen LogP contribution in [0.2, 0.25) is 0 Å². The topological polar surface area (TPSA) is 3.24 Å². The van der Waals surface area contributed by atoms with Crippen LogP contribution in [0.25, 0.3) is 0 Å². The Morgan fingerprint density at radius 2 is 1.81 bits per heavy atom. The zero-order chi connectivity index (χ0) is 11.8. The Morgan fingerprint density at radius 1 is 1.12 bits per heavy atom. The van der Waals surface area contributed by atoms with Gasteiger partial charge in [-0.1, -0.05) is 46.0 Å². The highest BCUT2D eigenvalue weighted by molar-refractivity contribution is 6.21. The molecule has 2 unspecified atom stereocenters. The lowest BCUT2D eigenvalue weighted by Gasteiger charge is -2.33. The molecule has 2 heteroatoms. The summed E-state index contributed by atoms with van der Waals surface area (Å²) in [7, 11) is 0. The molecular formula is C14H28ClN. The molecule has 0 N–H and O–H groups in total. The van der Waals surface area contributed by atoms with E-state index in [9.17, 15) is 0 Å². The second kappa shape index (κ2) is 8.36. The number of hydrogen-bond acceptors (Lipinski definition) is 1. The second-order valence-corrected chi connectivity index (χ2v) is 5.91. The molecule has 2 atom stereocenters. The maximum absolute atomic E-state index is 6.30. The molecule has 0 aromatic carbocycles. The summed E-state index contributed by atoms with van der Waals surface area (Å²) in [5.74, 6) is 0.711. The number of nitrogens with zero attached hydrogens (tertiary/aromatic N) is 1. The summed E-state index contributed by atoms with van der Waals surface area (Å²) >= 11 is 6.30. The predicted octanol–water partition coefficient (Wildman–Crippen LogP) is 4.30. The molecule has 1 rings (SSSR count). The monoisotopic (exact) mass is 245 g/mol. The third-order valence-electron chi connectivity index (χ3n) is 3.78. The van der Waals surface area contributed by atoms with Crippen molar-refractivity contribution in [3.8, 4) is 0 Å². The molecular weight excluding hydrogens is 218 g/mol. The maximum atomic E-state index is 6.30. The second-order valence-electron chi connectivity index (χ2n) is 5.35. The molecule has 1 fully saturated rings. The Hall–Kier alpha value is 0.250. The lowest BCUT2D eigenvalue weighted by Crippen LogP contribution is -2.40. The Kier molecular flexibility index (Phi) is 7.47. The van der Waals surface area contributed by atoms with Crippen LogP contribution in [-0.4, -0.2) is 29.9 Å². The molecule has 1 nitrogen and oxygen atoms in total. The van der Waals surface area contributed by atoms with E-state index in [0.29, 0.717) is 11.3 Å². The van der Waals surface area contributed by atoms with Crippen LogP contribution in [0, 0.1) is 5.92 Å². The van der Waals surface area contributed by atoms with Gasteiger partial charge in [-0.15, -0.1) is 11.6 Å². The lowest BCUT2D eigenvalue weighted by molar-refractivity contribution is 0.193. The third kappa shape index (κ3) is 5.54. The van der Waals surface area contributed by atoms with E-state index < -0.39 is 0 Å². The quantitative estimate of drug-likeness (QED) is 0.478. The minimum absolute atomic E-state index is 0.383. The van der Waals surface area contributed by atoms with Gasteiger partial charge >= 0.3 is 0 Å². The first-order valence-corrected chi connectivity index (χ1v) is 7.54. The van der Waals surface area contributed by atoms with Crippen molar-refractivity contribution in [2.24, 2.45) is 5.92 Å². The van der Waals surface area contributed by atoms with E-state index in [-0.39, 0.29) is 0 Å². The number of unbranched alkanes of at least 4 members (excludes halogenated alkanes) is 5. The van der Waals surface area contributed by atoms with Crippen molar-refractivity contribution in [2.45, 2.75) is 64.2 Å². The molecule has 16 heavy (non-hydrogen) atoms. The van der Waals surface area contributed by atoms with Crippen molar-refractivity contribution in [3.63, 3.8) is 0 Å². The highest BCUT2D eigenvalue weighted by atomic mass is 35.5. The molecule has 0 radical (unpaired) electrons. The fourth-order valence-electron chi connectivity index (χ4n) is 2.40. The first kappa shape index (κ1) is 14.3. The number of rotatable bonds is 7. The summed E-state index contributed by atoms with van der Waals surface area (Å²) in [5.41, 5.74) is 0. The van der Waals surface area contributed by atoms with E-state index in [1.54, 1.807) is 0 Å². The number of likely N-dealkylation sites (tertiary alicyclic amines) is 1. The van der Waals surface area contributed by atoms with Crippen LogP contribution in [0.4, 0.5) is 0 Å². The van der Waals surface area contributed by atoms with Gasteiger partial charge in [0.15, 0.2) is 0 Å². The van der Waals surface area contributed by atoms with Crippen LogP contribution >= 0.6 is 11.6 Å². The molecule has 96 valence electrons. The predicted molar refractivity (Wildman–Crippen MR) is 73.2 cm³/mol. The molecule has 0 aromatic heterocycles.